The van der Waals surface area contributed by atoms with E-state index in [9.17, 15) is 18.8 Å². The molecule has 1 aliphatic heterocycles. The van der Waals surface area contributed by atoms with Gasteiger partial charge in [0.1, 0.15) is 16.9 Å². The zero-order valence-corrected chi connectivity index (χ0v) is 21.0. The topological polar surface area (TPSA) is 67.3 Å². The number of nitrogens with zero attached hydrogens (tertiary/aromatic N) is 2. The summed E-state index contributed by atoms with van der Waals surface area (Å²) in [6, 6.07) is 5.07. The predicted octanol–water partition coefficient (Wildman–Crippen LogP) is 5.64. The Morgan fingerprint density at radius 1 is 1.06 bits per heavy atom. The fourth-order valence-corrected chi connectivity index (χ4v) is 5.95. The summed E-state index contributed by atoms with van der Waals surface area (Å²) in [5.74, 6) is -1.86. The number of hydrogen-bond donors (Lipinski definition) is 0. The lowest BCUT2D eigenvalue weighted by Gasteiger charge is -2.33. The average molecular weight is 505 g/mol. The number of likely N-dealkylation sites (tertiary alicyclic amines) is 1. The molecule has 1 aromatic carbocycles. The van der Waals surface area contributed by atoms with Crippen molar-refractivity contribution >= 4 is 40.7 Å². The van der Waals surface area contributed by atoms with Gasteiger partial charge in [-0.2, -0.15) is 0 Å². The van der Waals surface area contributed by atoms with Crippen LogP contribution in [0.15, 0.2) is 18.2 Å². The van der Waals surface area contributed by atoms with Crippen LogP contribution < -0.4 is 0 Å². The van der Waals surface area contributed by atoms with Crippen molar-refractivity contribution in [3.63, 3.8) is 0 Å². The third kappa shape index (κ3) is 4.76. The molecular formula is C26H27Cl2FN2O3. The lowest BCUT2D eigenvalue weighted by atomic mass is 9.83. The van der Waals surface area contributed by atoms with Gasteiger partial charge in [-0.15, -0.1) is 0 Å². The maximum Gasteiger partial charge on any atom is 0.257 e. The predicted molar refractivity (Wildman–Crippen MR) is 129 cm³/mol. The summed E-state index contributed by atoms with van der Waals surface area (Å²) in [6.45, 7) is 6.88. The summed E-state index contributed by atoms with van der Waals surface area (Å²) in [7, 11) is 0. The maximum atomic E-state index is 13.8. The molecule has 2 fully saturated rings. The van der Waals surface area contributed by atoms with Gasteiger partial charge in [0, 0.05) is 25.4 Å². The van der Waals surface area contributed by atoms with Gasteiger partial charge < -0.3 is 4.90 Å². The van der Waals surface area contributed by atoms with Gasteiger partial charge in [-0.1, -0.05) is 40.9 Å². The van der Waals surface area contributed by atoms with Gasteiger partial charge in [0.25, 0.3) is 5.91 Å². The SMILES string of the molecule is Cc1cc(C)c(C2C(=O)CC(CC3CCN(C(=O)c4cc(F)c(Cl)nc4Cl)CC3)C2=O)c(C)c1. The first kappa shape index (κ1) is 24.8. The Morgan fingerprint density at radius 3 is 2.29 bits per heavy atom. The zero-order chi connectivity index (χ0) is 24.7. The number of rotatable bonds is 4. The van der Waals surface area contributed by atoms with Crippen molar-refractivity contribution in [2.75, 3.05) is 13.1 Å². The van der Waals surface area contributed by atoms with Crippen LogP contribution in [-0.4, -0.2) is 40.4 Å². The third-order valence-electron chi connectivity index (χ3n) is 7.12. The first-order valence-corrected chi connectivity index (χ1v) is 12.3. The van der Waals surface area contributed by atoms with Crippen molar-refractivity contribution in [3.05, 3.63) is 62.1 Å². The van der Waals surface area contributed by atoms with Crippen molar-refractivity contribution in [1.82, 2.24) is 9.88 Å². The molecule has 34 heavy (non-hydrogen) atoms. The Kier molecular flexibility index (Phi) is 7.11. The number of amides is 1. The highest BCUT2D eigenvalue weighted by molar-refractivity contribution is 6.34. The molecule has 1 amide bonds. The average Bonchev–Trinajstić information content (AvgIpc) is 3.03. The van der Waals surface area contributed by atoms with E-state index >= 15 is 0 Å². The van der Waals surface area contributed by atoms with Gasteiger partial charge in [0.05, 0.1) is 5.56 Å². The number of aryl methyl sites for hydroxylation is 3. The smallest absolute Gasteiger partial charge is 0.257 e. The standard InChI is InChI=1S/C26H27Cl2FN2O3/c1-13-8-14(2)21(15(3)9-13)22-20(32)11-17(23(22)33)10-16-4-6-31(7-5-16)26(34)18-12-19(29)25(28)30-24(18)27/h8-9,12,16-17,22H,4-7,10-11H2,1-3H3. The Balaban J connectivity index is 1.39. The molecule has 1 saturated heterocycles. The summed E-state index contributed by atoms with van der Waals surface area (Å²) in [4.78, 5) is 44.3. The first-order valence-electron chi connectivity index (χ1n) is 11.5. The number of ketones is 2. The molecular weight excluding hydrogens is 478 g/mol. The molecule has 0 N–H and O–H groups in total. The Hall–Kier alpha value is -2.31. The normalized spacial score (nSPS) is 21.4. The Labute approximate surface area is 208 Å². The van der Waals surface area contributed by atoms with Crippen molar-refractivity contribution in [3.8, 4) is 0 Å². The lowest BCUT2D eigenvalue weighted by molar-refractivity contribution is -0.125. The van der Waals surface area contributed by atoms with Gasteiger partial charge in [-0.3, -0.25) is 14.4 Å². The number of carbonyl (C=O) groups is 3. The van der Waals surface area contributed by atoms with E-state index in [1.165, 1.54) is 0 Å². The summed E-state index contributed by atoms with van der Waals surface area (Å²) in [6.07, 6.45) is 2.34. The molecule has 2 aromatic rings. The van der Waals surface area contributed by atoms with Crippen LogP contribution >= 0.6 is 23.2 Å². The van der Waals surface area contributed by atoms with E-state index in [0.717, 1.165) is 28.3 Å². The van der Waals surface area contributed by atoms with Crippen molar-refractivity contribution < 1.29 is 18.8 Å². The lowest BCUT2D eigenvalue weighted by Crippen LogP contribution is -2.39. The largest absolute Gasteiger partial charge is 0.339 e. The molecule has 1 saturated carbocycles. The molecule has 2 heterocycles. The number of pyridine rings is 1. The number of benzene rings is 1. The van der Waals surface area contributed by atoms with Gasteiger partial charge >= 0.3 is 0 Å². The number of hydrogen-bond acceptors (Lipinski definition) is 4. The second-order valence-electron chi connectivity index (χ2n) is 9.59. The van der Waals surface area contributed by atoms with Gasteiger partial charge in [-0.25, -0.2) is 9.37 Å². The van der Waals surface area contributed by atoms with E-state index in [1.54, 1.807) is 4.90 Å². The van der Waals surface area contributed by atoms with Crippen LogP contribution in [-0.2, 0) is 9.59 Å². The van der Waals surface area contributed by atoms with E-state index in [1.807, 2.05) is 32.9 Å². The van der Waals surface area contributed by atoms with E-state index in [-0.39, 0.29) is 51.6 Å². The van der Waals surface area contributed by atoms with Crippen LogP contribution in [0.1, 0.15) is 64.2 Å². The number of carbonyl (C=O) groups excluding carboxylic acids is 3. The van der Waals surface area contributed by atoms with E-state index < -0.39 is 11.7 Å². The van der Waals surface area contributed by atoms with E-state index in [4.69, 9.17) is 23.2 Å². The molecule has 0 spiro atoms. The fourth-order valence-electron chi connectivity index (χ4n) is 5.55. The fraction of sp³-hybridized carbons (Fsp3) is 0.462. The molecule has 1 aliphatic carbocycles. The molecule has 2 atom stereocenters. The maximum absolute atomic E-state index is 13.8. The minimum absolute atomic E-state index is 0.00423. The monoisotopic (exact) mass is 504 g/mol. The number of aromatic nitrogens is 1. The van der Waals surface area contributed by atoms with E-state index in [0.29, 0.717) is 32.4 Å². The summed E-state index contributed by atoms with van der Waals surface area (Å²) >= 11 is 11.6. The number of Topliss-reactive ketones (excluding diaryl/α,β-unsaturated/α-hetero) is 2. The Bertz CT molecular complexity index is 1150. The minimum Gasteiger partial charge on any atom is -0.339 e. The van der Waals surface area contributed by atoms with Crippen LogP contribution in [0.3, 0.4) is 0 Å². The second-order valence-corrected chi connectivity index (χ2v) is 10.3. The van der Waals surface area contributed by atoms with Crippen LogP contribution in [0.25, 0.3) is 0 Å². The van der Waals surface area contributed by atoms with Crippen molar-refractivity contribution in [2.45, 2.75) is 52.4 Å². The van der Waals surface area contributed by atoms with Crippen molar-refractivity contribution in [1.29, 1.82) is 0 Å². The second kappa shape index (κ2) is 9.74. The third-order valence-corrected chi connectivity index (χ3v) is 7.67. The highest BCUT2D eigenvalue weighted by atomic mass is 35.5. The van der Waals surface area contributed by atoms with Crippen molar-refractivity contribution in [2.24, 2.45) is 11.8 Å². The minimum atomic E-state index is -0.790. The van der Waals surface area contributed by atoms with Crippen LogP contribution in [0.5, 0.6) is 0 Å². The highest BCUT2D eigenvalue weighted by Gasteiger charge is 2.44. The van der Waals surface area contributed by atoms with Crippen LogP contribution in [0, 0.1) is 38.4 Å². The summed E-state index contributed by atoms with van der Waals surface area (Å²) in [5.41, 5.74) is 3.95. The first-order chi connectivity index (χ1) is 16.1. The van der Waals surface area contributed by atoms with Gasteiger partial charge in [0.15, 0.2) is 16.8 Å². The highest BCUT2D eigenvalue weighted by Crippen LogP contribution is 2.40. The van der Waals surface area contributed by atoms with Crippen LogP contribution in [0.4, 0.5) is 4.39 Å². The summed E-state index contributed by atoms with van der Waals surface area (Å²) in [5, 5.41) is -0.494. The Morgan fingerprint density at radius 2 is 1.68 bits per heavy atom. The molecule has 5 nitrogen and oxygen atoms in total. The molecule has 0 radical (unpaired) electrons. The van der Waals surface area contributed by atoms with E-state index in [2.05, 4.69) is 4.98 Å². The molecule has 0 bridgehead atoms. The van der Waals surface area contributed by atoms with Gasteiger partial charge in [0.2, 0.25) is 0 Å². The molecule has 1 aromatic heterocycles. The molecule has 180 valence electrons. The summed E-state index contributed by atoms with van der Waals surface area (Å²) < 4.78 is 13.8. The number of halogens is 3. The zero-order valence-electron chi connectivity index (χ0n) is 19.5. The quantitative estimate of drug-likeness (QED) is 0.399. The van der Waals surface area contributed by atoms with Gasteiger partial charge in [-0.05, 0) is 68.7 Å². The van der Waals surface area contributed by atoms with Crippen LogP contribution in [0.2, 0.25) is 10.3 Å². The molecule has 2 aliphatic rings. The molecule has 2 unspecified atom stereocenters. The molecule has 8 heteroatoms. The number of piperidine rings is 1. The molecule has 4 rings (SSSR count).